The molecular formula is C10H12F2N2OS. The number of rotatable bonds is 4. The molecule has 0 heterocycles. The third-order valence-electron chi connectivity index (χ3n) is 1.94. The van der Waals surface area contributed by atoms with E-state index in [1.54, 1.807) is 0 Å². The van der Waals surface area contributed by atoms with Crippen LogP contribution in [0.4, 0.5) is 14.5 Å². The molecule has 0 bridgehead atoms. The van der Waals surface area contributed by atoms with Crippen molar-refractivity contribution in [2.75, 3.05) is 24.3 Å². The van der Waals surface area contributed by atoms with Crippen molar-refractivity contribution in [3.63, 3.8) is 0 Å². The summed E-state index contributed by atoms with van der Waals surface area (Å²) in [6.45, 7) is 0.355. The molecule has 0 saturated heterocycles. The number of hydrogen-bond acceptors (Lipinski definition) is 3. The average Bonchev–Trinajstić information content (AvgIpc) is 2.24. The van der Waals surface area contributed by atoms with Crippen LogP contribution in [-0.4, -0.2) is 24.5 Å². The van der Waals surface area contributed by atoms with Crippen LogP contribution in [0.15, 0.2) is 12.1 Å². The van der Waals surface area contributed by atoms with Crippen LogP contribution in [0.25, 0.3) is 0 Å². The highest BCUT2D eigenvalue weighted by atomic mass is 32.2. The maximum atomic E-state index is 13.4. The zero-order valence-electron chi connectivity index (χ0n) is 8.72. The summed E-state index contributed by atoms with van der Waals surface area (Å²) >= 11 is 1.52. The molecule has 0 fully saturated rings. The first-order valence-corrected chi connectivity index (χ1v) is 5.98. The maximum Gasteiger partial charge on any atom is 0.257 e. The van der Waals surface area contributed by atoms with Crippen molar-refractivity contribution in [3.05, 3.63) is 29.3 Å². The number of nitrogen functional groups attached to an aromatic ring is 1. The van der Waals surface area contributed by atoms with Crippen molar-refractivity contribution in [1.82, 2.24) is 5.32 Å². The van der Waals surface area contributed by atoms with Gasteiger partial charge in [0.25, 0.3) is 5.91 Å². The predicted octanol–water partition coefficient (Wildman–Crippen LogP) is 1.64. The highest BCUT2D eigenvalue weighted by Crippen LogP contribution is 2.18. The van der Waals surface area contributed by atoms with Gasteiger partial charge in [-0.2, -0.15) is 11.8 Å². The Bertz CT molecular complexity index is 399. The predicted molar refractivity (Wildman–Crippen MR) is 61.5 cm³/mol. The number of carbonyl (C=O) groups is 1. The number of amides is 1. The number of nitrogens with two attached hydrogens (primary N) is 1. The Morgan fingerprint density at radius 1 is 1.50 bits per heavy atom. The number of nitrogens with one attached hydrogen (secondary N) is 1. The molecule has 1 rings (SSSR count). The summed E-state index contributed by atoms with van der Waals surface area (Å²) in [6.07, 6.45) is 1.87. The van der Waals surface area contributed by atoms with E-state index in [4.69, 9.17) is 5.73 Å². The quantitative estimate of drug-likeness (QED) is 0.627. The van der Waals surface area contributed by atoms with Gasteiger partial charge in [-0.3, -0.25) is 4.79 Å². The van der Waals surface area contributed by atoms with Crippen LogP contribution in [0.2, 0.25) is 0 Å². The number of thioether (sulfide) groups is 1. The molecular weight excluding hydrogens is 234 g/mol. The van der Waals surface area contributed by atoms with Crippen LogP contribution in [0.5, 0.6) is 0 Å². The van der Waals surface area contributed by atoms with E-state index in [9.17, 15) is 13.6 Å². The van der Waals surface area contributed by atoms with E-state index in [-0.39, 0.29) is 5.69 Å². The van der Waals surface area contributed by atoms with Crippen LogP contribution < -0.4 is 11.1 Å². The lowest BCUT2D eigenvalue weighted by Gasteiger charge is -2.07. The molecule has 88 valence electrons. The zero-order chi connectivity index (χ0) is 12.1. The Morgan fingerprint density at radius 2 is 2.19 bits per heavy atom. The maximum absolute atomic E-state index is 13.4. The van der Waals surface area contributed by atoms with Gasteiger partial charge in [0.2, 0.25) is 0 Å². The normalized spacial score (nSPS) is 10.2. The molecule has 0 atom stereocenters. The largest absolute Gasteiger partial charge is 0.396 e. The van der Waals surface area contributed by atoms with Gasteiger partial charge in [-0.25, -0.2) is 8.78 Å². The van der Waals surface area contributed by atoms with E-state index in [0.717, 1.165) is 12.1 Å². The van der Waals surface area contributed by atoms with Gasteiger partial charge in [0.1, 0.15) is 11.4 Å². The molecule has 6 heteroatoms. The lowest BCUT2D eigenvalue weighted by molar-refractivity contribution is 0.0948. The van der Waals surface area contributed by atoms with Crippen LogP contribution in [0.3, 0.4) is 0 Å². The lowest BCUT2D eigenvalue weighted by atomic mass is 10.1. The summed E-state index contributed by atoms with van der Waals surface area (Å²) in [7, 11) is 0. The highest BCUT2D eigenvalue weighted by Gasteiger charge is 2.18. The lowest BCUT2D eigenvalue weighted by Crippen LogP contribution is -2.27. The minimum Gasteiger partial charge on any atom is -0.396 e. The number of halogens is 2. The average molecular weight is 246 g/mol. The summed E-state index contributed by atoms with van der Waals surface area (Å²) in [5.74, 6) is -2.02. The Kier molecular flexibility index (Phi) is 4.54. The van der Waals surface area contributed by atoms with E-state index in [1.807, 2.05) is 6.26 Å². The van der Waals surface area contributed by atoms with Crippen LogP contribution in [0, 0.1) is 11.6 Å². The summed E-state index contributed by atoms with van der Waals surface area (Å²) in [4.78, 5) is 11.5. The summed E-state index contributed by atoms with van der Waals surface area (Å²) in [6, 6.07) is 2.06. The number of anilines is 1. The molecule has 0 spiro atoms. The van der Waals surface area contributed by atoms with Gasteiger partial charge in [0.15, 0.2) is 5.82 Å². The second-order valence-electron chi connectivity index (χ2n) is 3.07. The zero-order valence-corrected chi connectivity index (χ0v) is 9.54. The monoisotopic (exact) mass is 246 g/mol. The molecule has 0 aromatic heterocycles. The Hall–Kier alpha value is -1.30. The fourth-order valence-corrected chi connectivity index (χ4v) is 1.44. The summed E-state index contributed by atoms with van der Waals surface area (Å²) in [5, 5.41) is 2.41. The molecule has 0 unspecified atom stereocenters. The van der Waals surface area contributed by atoms with Crippen LogP contribution in [-0.2, 0) is 0 Å². The molecule has 0 aliphatic carbocycles. The first-order valence-electron chi connectivity index (χ1n) is 4.58. The van der Waals surface area contributed by atoms with Crippen molar-refractivity contribution in [3.8, 4) is 0 Å². The van der Waals surface area contributed by atoms with Crippen molar-refractivity contribution in [1.29, 1.82) is 0 Å². The van der Waals surface area contributed by atoms with Crippen molar-refractivity contribution in [2.24, 2.45) is 0 Å². The van der Waals surface area contributed by atoms with Gasteiger partial charge in [-0.05, 0) is 18.4 Å². The van der Waals surface area contributed by atoms with Crippen molar-refractivity contribution < 1.29 is 13.6 Å². The van der Waals surface area contributed by atoms with Gasteiger partial charge < -0.3 is 11.1 Å². The van der Waals surface area contributed by atoms with Crippen LogP contribution >= 0.6 is 11.8 Å². The van der Waals surface area contributed by atoms with E-state index in [2.05, 4.69) is 5.32 Å². The van der Waals surface area contributed by atoms with Gasteiger partial charge in [0, 0.05) is 12.3 Å². The second-order valence-corrected chi connectivity index (χ2v) is 4.06. The molecule has 16 heavy (non-hydrogen) atoms. The van der Waals surface area contributed by atoms with Gasteiger partial charge in [-0.15, -0.1) is 0 Å². The van der Waals surface area contributed by atoms with Crippen molar-refractivity contribution >= 4 is 23.4 Å². The molecule has 0 radical (unpaired) electrons. The van der Waals surface area contributed by atoms with E-state index < -0.39 is 23.1 Å². The third kappa shape index (κ3) is 2.85. The number of carbonyl (C=O) groups excluding carboxylic acids is 1. The Balaban J connectivity index is 2.86. The molecule has 0 aliphatic rings. The van der Waals surface area contributed by atoms with Gasteiger partial charge in [0.05, 0.1) is 5.69 Å². The first-order chi connectivity index (χ1) is 7.57. The highest BCUT2D eigenvalue weighted by molar-refractivity contribution is 7.98. The molecule has 3 nitrogen and oxygen atoms in total. The fraction of sp³-hybridized carbons (Fsp3) is 0.300. The minimum absolute atomic E-state index is 0.239. The van der Waals surface area contributed by atoms with Gasteiger partial charge >= 0.3 is 0 Å². The first kappa shape index (κ1) is 12.8. The SMILES string of the molecule is CSCCNC(=O)c1c(F)ccc(N)c1F. The topological polar surface area (TPSA) is 55.1 Å². The summed E-state index contributed by atoms with van der Waals surface area (Å²) in [5.41, 5.74) is 4.39. The molecule has 0 saturated carbocycles. The molecule has 3 N–H and O–H groups in total. The second kappa shape index (κ2) is 5.69. The number of benzene rings is 1. The number of hydrogen-bond donors (Lipinski definition) is 2. The van der Waals surface area contributed by atoms with Crippen molar-refractivity contribution in [2.45, 2.75) is 0 Å². The molecule has 1 aromatic rings. The van der Waals surface area contributed by atoms with E-state index in [0.29, 0.717) is 12.3 Å². The molecule has 0 aliphatic heterocycles. The minimum atomic E-state index is -1.01. The standard InChI is InChI=1S/C10H12F2N2OS/c1-16-5-4-14-10(15)8-6(11)2-3-7(13)9(8)12/h2-3H,4-5,13H2,1H3,(H,14,15). The Morgan fingerprint density at radius 3 is 2.81 bits per heavy atom. The Labute approximate surface area is 96.4 Å². The van der Waals surface area contributed by atoms with Gasteiger partial charge in [-0.1, -0.05) is 0 Å². The fourth-order valence-electron chi connectivity index (χ4n) is 1.13. The molecule has 1 amide bonds. The molecule has 1 aromatic carbocycles. The smallest absolute Gasteiger partial charge is 0.257 e. The van der Waals surface area contributed by atoms with E-state index in [1.165, 1.54) is 11.8 Å². The summed E-state index contributed by atoms with van der Waals surface area (Å²) < 4.78 is 26.6. The third-order valence-corrected chi connectivity index (χ3v) is 2.55. The van der Waals surface area contributed by atoms with Crippen LogP contribution in [0.1, 0.15) is 10.4 Å². The van der Waals surface area contributed by atoms with E-state index >= 15 is 0 Å².